The molecule has 9 heteroatoms. The van der Waals surface area contributed by atoms with Crippen LogP contribution in [0.2, 0.25) is 0 Å². The Kier molecular flexibility index (Phi) is 6.81. The number of para-hydroxylation sites is 2. The van der Waals surface area contributed by atoms with Gasteiger partial charge in [-0.3, -0.25) is 4.79 Å². The van der Waals surface area contributed by atoms with Crippen LogP contribution in [0.25, 0.3) is 0 Å². The average Bonchev–Trinajstić information content (AvgIpc) is 3.45. The molecule has 2 heterocycles. The number of hydrogen-bond donors (Lipinski definition) is 2. The average molecular weight is 444 g/mol. The van der Waals surface area contributed by atoms with Crippen LogP contribution in [0, 0.1) is 5.82 Å². The molecule has 1 aliphatic heterocycles. The van der Waals surface area contributed by atoms with E-state index < -0.39 is 0 Å². The van der Waals surface area contributed by atoms with Gasteiger partial charge >= 0.3 is 0 Å². The van der Waals surface area contributed by atoms with Crippen LogP contribution in [0.1, 0.15) is 18.4 Å². The molecule has 1 aromatic heterocycles. The predicted molar refractivity (Wildman–Crippen MR) is 121 cm³/mol. The van der Waals surface area contributed by atoms with Crippen LogP contribution in [0.4, 0.5) is 20.9 Å². The van der Waals surface area contributed by atoms with Crippen molar-refractivity contribution in [1.29, 1.82) is 0 Å². The normalized spacial score (nSPS) is 13.4. The van der Waals surface area contributed by atoms with Crippen molar-refractivity contribution < 1.29 is 9.18 Å². The van der Waals surface area contributed by atoms with E-state index >= 15 is 0 Å². The number of carbonyl (C=O) groups excluding carboxylic acids is 1. The van der Waals surface area contributed by atoms with Crippen molar-refractivity contribution >= 4 is 45.5 Å². The van der Waals surface area contributed by atoms with Crippen LogP contribution in [0.3, 0.4) is 0 Å². The van der Waals surface area contributed by atoms with Crippen molar-refractivity contribution in [2.24, 2.45) is 0 Å². The SMILES string of the molecule is O=C(CSc1nnc(NCc2ccc(F)cc2)s1)Nc1ccccc1N1CCCC1. The quantitative estimate of drug-likeness (QED) is 0.495. The molecule has 2 N–H and O–H groups in total. The maximum atomic E-state index is 13.0. The Labute approximate surface area is 182 Å². The number of aromatic nitrogens is 2. The van der Waals surface area contributed by atoms with Gasteiger partial charge in [-0.15, -0.1) is 10.2 Å². The van der Waals surface area contributed by atoms with E-state index in [1.807, 2.05) is 18.2 Å². The molecule has 6 nitrogen and oxygen atoms in total. The van der Waals surface area contributed by atoms with Gasteiger partial charge in [-0.1, -0.05) is 47.4 Å². The third-order valence-electron chi connectivity index (χ3n) is 4.72. The summed E-state index contributed by atoms with van der Waals surface area (Å²) in [5.41, 5.74) is 2.89. The molecule has 1 saturated heterocycles. The Hall–Kier alpha value is -2.65. The van der Waals surface area contributed by atoms with Crippen LogP contribution in [0.5, 0.6) is 0 Å². The monoisotopic (exact) mass is 443 g/mol. The summed E-state index contributed by atoms with van der Waals surface area (Å²) < 4.78 is 13.7. The third kappa shape index (κ3) is 5.48. The largest absolute Gasteiger partial charge is 0.370 e. The Morgan fingerprint density at radius 1 is 1.10 bits per heavy atom. The van der Waals surface area contributed by atoms with E-state index in [4.69, 9.17) is 0 Å². The summed E-state index contributed by atoms with van der Waals surface area (Å²) in [7, 11) is 0. The molecule has 1 fully saturated rings. The fourth-order valence-electron chi connectivity index (χ4n) is 3.25. The van der Waals surface area contributed by atoms with Gasteiger partial charge in [0.2, 0.25) is 11.0 Å². The van der Waals surface area contributed by atoms with Crippen molar-refractivity contribution in [1.82, 2.24) is 10.2 Å². The number of nitrogens with one attached hydrogen (secondary N) is 2. The number of hydrogen-bond acceptors (Lipinski definition) is 7. The molecule has 0 unspecified atom stereocenters. The first-order valence-electron chi connectivity index (χ1n) is 9.76. The summed E-state index contributed by atoms with van der Waals surface area (Å²) in [6.07, 6.45) is 2.37. The number of anilines is 3. The summed E-state index contributed by atoms with van der Waals surface area (Å²) in [6.45, 7) is 2.59. The van der Waals surface area contributed by atoms with Gasteiger partial charge in [0.25, 0.3) is 0 Å². The first-order chi connectivity index (χ1) is 14.7. The van der Waals surface area contributed by atoms with Crippen molar-refractivity contribution in [2.45, 2.75) is 23.7 Å². The van der Waals surface area contributed by atoms with Crippen molar-refractivity contribution in [2.75, 3.05) is 34.4 Å². The molecular formula is C21H22FN5OS2. The van der Waals surface area contributed by atoms with Gasteiger partial charge in [0, 0.05) is 19.6 Å². The number of benzene rings is 2. The molecule has 1 amide bonds. The Morgan fingerprint density at radius 2 is 1.87 bits per heavy atom. The van der Waals surface area contributed by atoms with E-state index in [2.05, 4.69) is 31.8 Å². The fraction of sp³-hybridized carbons (Fsp3) is 0.286. The predicted octanol–water partition coefficient (Wildman–Crippen LogP) is 4.62. The maximum absolute atomic E-state index is 13.0. The van der Waals surface area contributed by atoms with Gasteiger partial charge in [0.05, 0.1) is 17.1 Å². The molecule has 4 rings (SSSR count). The highest BCUT2D eigenvalue weighted by Crippen LogP contribution is 2.30. The van der Waals surface area contributed by atoms with Crippen LogP contribution in [0.15, 0.2) is 52.9 Å². The molecule has 0 spiro atoms. The van der Waals surface area contributed by atoms with Gasteiger partial charge in [-0.2, -0.15) is 0 Å². The second kappa shape index (κ2) is 9.90. The number of nitrogens with zero attached hydrogens (tertiary/aromatic N) is 3. The molecule has 1 aliphatic rings. The lowest BCUT2D eigenvalue weighted by Gasteiger charge is -2.21. The number of thioether (sulfide) groups is 1. The zero-order valence-corrected chi connectivity index (χ0v) is 17.9. The molecule has 156 valence electrons. The Bertz CT molecular complexity index is 989. The van der Waals surface area contributed by atoms with Crippen LogP contribution in [-0.4, -0.2) is 34.9 Å². The summed E-state index contributed by atoms with van der Waals surface area (Å²) >= 11 is 2.75. The van der Waals surface area contributed by atoms with E-state index in [0.29, 0.717) is 11.7 Å². The van der Waals surface area contributed by atoms with E-state index in [-0.39, 0.29) is 17.5 Å². The summed E-state index contributed by atoms with van der Waals surface area (Å²) in [5, 5.41) is 15.1. The molecule has 0 atom stereocenters. The van der Waals surface area contributed by atoms with Gasteiger partial charge in [0.1, 0.15) is 5.82 Å². The lowest BCUT2D eigenvalue weighted by atomic mass is 10.2. The summed E-state index contributed by atoms with van der Waals surface area (Å²) in [6, 6.07) is 14.2. The zero-order valence-electron chi connectivity index (χ0n) is 16.3. The molecule has 3 aromatic rings. The fourth-order valence-corrected chi connectivity index (χ4v) is 4.79. The Morgan fingerprint density at radius 3 is 2.67 bits per heavy atom. The molecule has 0 aliphatic carbocycles. The highest BCUT2D eigenvalue weighted by Gasteiger charge is 2.17. The standard InChI is InChI=1S/C21H22FN5OS2/c22-16-9-7-15(8-10-16)13-23-20-25-26-21(30-20)29-14-19(28)24-17-5-1-2-6-18(17)27-11-3-4-12-27/h1-2,5-10H,3-4,11-14H2,(H,23,25)(H,24,28). The molecule has 30 heavy (non-hydrogen) atoms. The summed E-state index contributed by atoms with van der Waals surface area (Å²) in [4.78, 5) is 14.8. The summed E-state index contributed by atoms with van der Waals surface area (Å²) in [5.74, 6) is -0.0571. The van der Waals surface area contributed by atoms with Crippen molar-refractivity contribution in [3.05, 3.63) is 59.9 Å². The second-order valence-electron chi connectivity index (χ2n) is 6.90. The Balaban J connectivity index is 1.27. The van der Waals surface area contributed by atoms with Gasteiger partial charge in [-0.05, 0) is 42.7 Å². The number of amides is 1. The highest BCUT2D eigenvalue weighted by molar-refractivity contribution is 8.01. The topological polar surface area (TPSA) is 70.1 Å². The van der Waals surface area contributed by atoms with Gasteiger partial charge in [-0.25, -0.2) is 4.39 Å². The molecule has 0 radical (unpaired) electrons. The lowest BCUT2D eigenvalue weighted by molar-refractivity contribution is -0.113. The number of halogens is 1. The van der Waals surface area contributed by atoms with Crippen LogP contribution >= 0.6 is 23.1 Å². The lowest BCUT2D eigenvalue weighted by Crippen LogP contribution is -2.21. The minimum Gasteiger partial charge on any atom is -0.370 e. The third-order valence-corrected chi connectivity index (χ3v) is 6.73. The van der Waals surface area contributed by atoms with E-state index in [1.54, 1.807) is 12.1 Å². The molecule has 0 bridgehead atoms. The number of rotatable bonds is 8. The van der Waals surface area contributed by atoms with Crippen molar-refractivity contribution in [3.63, 3.8) is 0 Å². The van der Waals surface area contributed by atoms with Crippen LogP contribution < -0.4 is 15.5 Å². The first-order valence-corrected chi connectivity index (χ1v) is 11.6. The van der Waals surface area contributed by atoms with Crippen LogP contribution in [-0.2, 0) is 11.3 Å². The first kappa shape index (κ1) is 20.6. The second-order valence-corrected chi connectivity index (χ2v) is 9.10. The maximum Gasteiger partial charge on any atom is 0.234 e. The van der Waals surface area contributed by atoms with E-state index in [1.165, 1.54) is 48.1 Å². The highest BCUT2D eigenvalue weighted by atomic mass is 32.2. The molecular weight excluding hydrogens is 421 g/mol. The minimum absolute atomic E-state index is 0.0670. The van der Waals surface area contributed by atoms with E-state index in [0.717, 1.165) is 34.4 Å². The molecule has 2 aromatic carbocycles. The minimum atomic E-state index is -0.255. The van der Waals surface area contributed by atoms with Gasteiger partial charge < -0.3 is 15.5 Å². The van der Waals surface area contributed by atoms with Crippen molar-refractivity contribution in [3.8, 4) is 0 Å². The number of carbonyl (C=O) groups is 1. The van der Waals surface area contributed by atoms with E-state index in [9.17, 15) is 9.18 Å². The van der Waals surface area contributed by atoms with Gasteiger partial charge in [0.15, 0.2) is 4.34 Å². The molecule has 0 saturated carbocycles. The zero-order chi connectivity index (χ0) is 20.8. The smallest absolute Gasteiger partial charge is 0.234 e.